The van der Waals surface area contributed by atoms with Crippen LogP contribution in [0.2, 0.25) is 0 Å². The van der Waals surface area contributed by atoms with Gasteiger partial charge in [0, 0.05) is 18.2 Å². The van der Waals surface area contributed by atoms with Gasteiger partial charge in [-0.15, -0.1) is 4.37 Å². The van der Waals surface area contributed by atoms with E-state index < -0.39 is 17.9 Å². The van der Waals surface area contributed by atoms with Crippen molar-refractivity contribution < 1.29 is 23.5 Å². The molecule has 1 heterocycles. The Hall–Kier alpha value is -2.92. The molecule has 0 saturated heterocycles. The number of ether oxygens (including phenoxy) is 2. The Morgan fingerprint density at radius 1 is 1.22 bits per heavy atom. The van der Waals surface area contributed by atoms with Crippen molar-refractivity contribution in [2.75, 3.05) is 18.4 Å². The zero-order valence-corrected chi connectivity index (χ0v) is 19.3. The van der Waals surface area contributed by atoms with Crippen LogP contribution in [0.3, 0.4) is 0 Å². The second-order valence-electron chi connectivity index (χ2n) is 7.50. The van der Waals surface area contributed by atoms with Crippen LogP contribution in [0.15, 0.2) is 18.2 Å². The fraction of sp³-hybridized carbons (Fsp3) is 0.476. The summed E-state index contributed by atoms with van der Waals surface area (Å²) in [5.41, 5.74) is 6.21. The van der Waals surface area contributed by atoms with Gasteiger partial charge in [0.1, 0.15) is 12.4 Å². The van der Waals surface area contributed by atoms with E-state index in [0.717, 1.165) is 42.9 Å². The number of rotatable bonds is 12. The third-order valence-electron chi connectivity index (χ3n) is 4.31. The summed E-state index contributed by atoms with van der Waals surface area (Å²) >= 11 is 0.860. The Bertz CT molecular complexity index is 906. The molecule has 2 aromatic rings. The normalized spacial score (nSPS) is 10.8. The van der Waals surface area contributed by atoms with Crippen molar-refractivity contribution in [3.05, 3.63) is 35.1 Å². The number of aryl methyl sites for hydroxylation is 1. The molecule has 176 valence electrons. The highest BCUT2D eigenvalue weighted by molar-refractivity contribution is 7.11. The van der Waals surface area contributed by atoms with E-state index in [2.05, 4.69) is 34.2 Å². The van der Waals surface area contributed by atoms with Gasteiger partial charge in [0.05, 0.1) is 0 Å². The molecular weight excluding hydrogens is 437 g/mol. The average Bonchev–Trinajstić information content (AvgIpc) is 3.07. The molecule has 1 aromatic carbocycles. The van der Waals surface area contributed by atoms with E-state index in [-0.39, 0.29) is 23.2 Å². The fourth-order valence-electron chi connectivity index (χ4n) is 2.71. The molecule has 0 aliphatic carbocycles. The number of anilines is 1. The number of unbranched alkanes of at least 4 members (excludes halogenated alkanes) is 2. The summed E-state index contributed by atoms with van der Waals surface area (Å²) < 4.78 is 28.5. The van der Waals surface area contributed by atoms with Crippen LogP contribution in [-0.2, 0) is 6.61 Å². The molecule has 0 atom stereocenters. The molecule has 0 radical (unpaired) electrons. The minimum atomic E-state index is -1.09. The van der Waals surface area contributed by atoms with Crippen molar-refractivity contribution in [3.63, 3.8) is 0 Å². The Kier molecular flexibility index (Phi) is 10.2. The Morgan fingerprint density at radius 2 is 1.97 bits per heavy atom. The van der Waals surface area contributed by atoms with Gasteiger partial charge in [-0.25, -0.2) is 14.0 Å². The van der Waals surface area contributed by atoms with Crippen LogP contribution in [0.4, 0.5) is 19.0 Å². The second kappa shape index (κ2) is 12.8. The van der Waals surface area contributed by atoms with Crippen molar-refractivity contribution in [3.8, 4) is 11.6 Å². The minimum Gasteiger partial charge on any atom is -0.469 e. The largest absolute Gasteiger partial charge is 0.469 e. The van der Waals surface area contributed by atoms with Gasteiger partial charge in [-0.2, -0.15) is 0 Å². The van der Waals surface area contributed by atoms with Crippen LogP contribution < -0.4 is 31.2 Å². The lowest BCUT2D eigenvalue weighted by Gasteiger charge is -2.10. The molecule has 0 saturated carbocycles. The summed E-state index contributed by atoms with van der Waals surface area (Å²) in [7, 11) is 0. The number of hydrogen-bond donors (Lipinski definition) is 4. The molecule has 11 heteroatoms. The van der Waals surface area contributed by atoms with Crippen LogP contribution in [-0.4, -0.2) is 35.6 Å². The predicted octanol–water partition coefficient (Wildman–Crippen LogP) is 3.92. The zero-order valence-electron chi connectivity index (χ0n) is 18.5. The third-order valence-corrected chi connectivity index (χ3v) is 5.04. The van der Waals surface area contributed by atoms with Gasteiger partial charge in [0.15, 0.2) is 5.00 Å². The zero-order chi connectivity index (χ0) is 23.5. The number of urea groups is 1. The van der Waals surface area contributed by atoms with Gasteiger partial charge in [-0.3, -0.25) is 5.32 Å². The van der Waals surface area contributed by atoms with Crippen LogP contribution in [0.5, 0.6) is 11.6 Å². The molecule has 0 aliphatic heterocycles. The SMILES string of the molecule is Cc1ccc(COc2nsc(NC(=O)NCCCCCNC(C)C)c2OC(N)=O)c(F)c1. The molecule has 0 spiro atoms. The van der Waals surface area contributed by atoms with Gasteiger partial charge in [-0.05, 0) is 49.5 Å². The highest BCUT2D eigenvalue weighted by Gasteiger charge is 2.21. The predicted molar refractivity (Wildman–Crippen MR) is 122 cm³/mol. The van der Waals surface area contributed by atoms with Crippen LogP contribution in [0, 0.1) is 12.7 Å². The first kappa shape index (κ1) is 25.3. The van der Waals surface area contributed by atoms with Crippen molar-refractivity contribution in [1.29, 1.82) is 0 Å². The topological polar surface area (TPSA) is 128 Å². The Labute approximate surface area is 191 Å². The van der Waals surface area contributed by atoms with E-state index in [1.54, 1.807) is 19.1 Å². The van der Waals surface area contributed by atoms with Gasteiger partial charge in [-0.1, -0.05) is 32.4 Å². The molecule has 0 aliphatic rings. The van der Waals surface area contributed by atoms with E-state index in [1.165, 1.54) is 6.07 Å². The molecule has 32 heavy (non-hydrogen) atoms. The lowest BCUT2D eigenvalue weighted by molar-refractivity contribution is 0.206. The number of aromatic nitrogens is 1. The summed E-state index contributed by atoms with van der Waals surface area (Å²) in [6.07, 6.45) is 1.74. The number of nitrogens with one attached hydrogen (secondary N) is 3. The first-order valence-electron chi connectivity index (χ1n) is 10.4. The molecule has 0 fully saturated rings. The quantitative estimate of drug-likeness (QED) is 0.350. The molecule has 0 bridgehead atoms. The van der Waals surface area contributed by atoms with Crippen LogP contribution >= 0.6 is 11.5 Å². The van der Waals surface area contributed by atoms with E-state index in [0.29, 0.717) is 18.2 Å². The smallest absolute Gasteiger partial charge is 0.410 e. The van der Waals surface area contributed by atoms with Crippen molar-refractivity contribution in [2.24, 2.45) is 5.73 Å². The summed E-state index contributed by atoms with van der Waals surface area (Å²) in [5.74, 6) is -0.609. The number of benzene rings is 1. The fourth-order valence-corrected chi connectivity index (χ4v) is 3.37. The van der Waals surface area contributed by atoms with Crippen molar-refractivity contribution in [1.82, 2.24) is 15.0 Å². The summed E-state index contributed by atoms with van der Waals surface area (Å²) in [4.78, 5) is 23.5. The number of primary amides is 1. The number of nitrogens with zero attached hydrogens (tertiary/aromatic N) is 1. The van der Waals surface area contributed by atoms with Gasteiger partial charge < -0.3 is 25.8 Å². The average molecular weight is 468 g/mol. The van der Waals surface area contributed by atoms with Crippen LogP contribution in [0.1, 0.15) is 44.2 Å². The number of halogens is 1. The van der Waals surface area contributed by atoms with E-state index in [1.807, 2.05) is 0 Å². The maximum atomic E-state index is 14.0. The van der Waals surface area contributed by atoms with Crippen molar-refractivity contribution in [2.45, 2.75) is 52.7 Å². The first-order valence-corrected chi connectivity index (χ1v) is 11.2. The standard InChI is InChI=1S/C21H30FN5O4S/c1-13(2)24-9-5-4-6-10-25-21(29)26-19-17(31-20(23)28)18(27-32-19)30-12-15-8-7-14(3)11-16(15)22/h7-8,11,13,24H,4-6,9-10,12H2,1-3H3,(H2,23,28)(H2,25,26,29). The highest BCUT2D eigenvalue weighted by atomic mass is 32.1. The first-order chi connectivity index (χ1) is 15.3. The molecule has 9 nitrogen and oxygen atoms in total. The summed E-state index contributed by atoms with van der Waals surface area (Å²) in [6, 6.07) is 4.72. The van der Waals surface area contributed by atoms with Crippen molar-refractivity contribution >= 4 is 28.7 Å². The van der Waals surface area contributed by atoms with Crippen LogP contribution in [0.25, 0.3) is 0 Å². The van der Waals surface area contributed by atoms with Gasteiger partial charge >= 0.3 is 12.1 Å². The lowest BCUT2D eigenvalue weighted by Crippen LogP contribution is -2.29. The molecule has 3 amide bonds. The monoisotopic (exact) mass is 467 g/mol. The maximum Gasteiger partial charge on any atom is 0.410 e. The highest BCUT2D eigenvalue weighted by Crippen LogP contribution is 2.39. The summed E-state index contributed by atoms with van der Waals surface area (Å²) in [5, 5.41) is 8.81. The molecule has 5 N–H and O–H groups in total. The van der Waals surface area contributed by atoms with E-state index >= 15 is 0 Å². The molecule has 2 rings (SSSR count). The van der Waals surface area contributed by atoms with E-state index in [4.69, 9.17) is 15.2 Å². The Morgan fingerprint density at radius 3 is 2.66 bits per heavy atom. The second-order valence-corrected chi connectivity index (χ2v) is 8.27. The molecule has 1 aromatic heterocycles. The number of nitrogens with two attached hydrogens (primary N) is 1. The van der Waals surface area contributed by atoms with Gasteiger partial charge in [0.25, 0.3) is 5.88 Å². The number of carbonyl (C=O) groups is 2. The summed E-state index contributed by atoms with van der Waals surface area (Å²) in [6.45, 7) is 7.27. The van der Waals surface area contributed by atoms with Gasteiger partial charge in [0.2, 0.25) is 5.75 Å². The molecular formula is C21H30FN5O4S. The lowest BCUT2D eigenvalue weighted by atomic mass is 10.1. The minimum absolute atomic E-state index is 0.0678. The number of hydrogen-bond acceptors (Lipinski definition) is 7. The van der Waals surface area contributed by atoms with E-state index in [9.17, 15) is 14.0 Å². The number of amides is 3. The third kappa shape index (κ3) is 8.67. The Balaban J connectivity index is 1.88. The number of carbonyl (C=O) groups excluding carboxylic acids is 2. The molecule has 0 unspecified atom stereocenters. The maximum absolute atomic E-state index is 14.0.